The minimum absolute atomic E-state index is 0. The third-order valence-electron chi connectivity index (χ3n) is 5.17. The fourth-order valence-electron chi connectivity index (χ4n) is 3.75. The molecule has 3 heterocycles. The normalized spacial score (nSPS) is 18.5. The smallest absolute Gasteiger partial charge is 0.290 e. The van der Waals surface area contributed by atoms with Crippen molar-refractivity contribution in [1.29, 1.82) is 0 Å². The predicted octanol–water partition coefficient (Wildman–Crippen LogP) is 2.62. The third-order valence-corrected chi connectivity index (χ3v) is 5.17. The molecule has 1 atom stereocenters. The summed E-state index contributed by atoms with van der Waals surface area (Å²) in [5, 5.41) is 6.33. The number of halogens is 1. The first-order valence-corrected chi connectivity index (χ1v) is 9.16. The Morgan fingerprint density at radius 2 is 2.04 bits per heavy atom. The minimum atomic E-state index is -0.433. The van der Waals surface area contributed by atoms with Crippen molar-refractivity contribution in [2.45, 2.75) is 44.9 Å². The van der Waals surface area contributed by atoms with Crippen LogP contribution in [0, 0.1) is 0 Å². The molecule has 1 unspecified atom stereocenters. The summed E-state index contributed by atoms with van der Waals surface area (Å²) in [6, 6.07) is 9.21. The number of nitrogens with one attached hydrogen (secondary N) is 2. The molecule has 6 nitrogen and oxygen atoms in total. The van der Waals surface area contributed by atoms with E-state index in [-0.39, 0.29) is 30.0 Å². The number of carbonyl (C=O) groups excluding carboxylic acids is 2. The summed E-state index contributed by atoms with van der Waals surface area (Å²) in [6.45, 7) is 2.85. The van der Waals surface area contributed by atoms with Crippen LogP contribution >= 0.6 is 12.4 Å². The van der Waals surface area contributed by atoms with Crippen LogP contribution < -0.4 is 10.6 Å². The van der Waals surface area contributed by atoms with E-state index in [0.29, 0.717) is 19.5 Å². The zero-order valence-corrected chi connectivity index (χ0v) is 15.9. The number of hydrogen-bond acceptors (Lipinski definition) is 4. The summed E-state index contributed by atoms with van der Waals surface area (Å²) in [6.07, 6.45) is 4.03. The molecule has 1 fully saturated rings. The van der Waals surface area contributed by atoms with Gasteiger partial charge in [0.15, 0.2) is 5.76 Å². The van der Waals surface area contributed by atoms with Gasteiger partial charge >= 0.3 is 0 Å². The van der Waals surface area contributed by atoms with Crippen LogP contribution in [0.25, 0.3) is 0 Å². The van der Waals surface area contributed by atoms with E-state index < -0.39 is 6.04 Å². The molecule has 0 aliphatic carbocycles. The second-order valence-electron chi connectivity index (χ2n) is 6.91. The predicted molar refractivity (Wildman–Crippen MR) is 103 cm³/mol. The van der Waals surface area contributed by atoms with E-state index in [1.165, 1.54) is 17.4 Å². The monoisotopic (exact) mass is 389 g/mol. The number of amides is 2. The highest BCUT2D eigenvalue weighted by Gasteiger charge is 2.33. The van der Waals surface area contributed by atoms with Crippen molar-refractivity contribution in [3.8, 4) is 0 Å². The van der Waals surface area contributed by atoms with E-state index in [4.69, 9.17) is 4.42 Å². The van der Waals surface area contributed by atoms with Crippen LogP contribution in [-0.4, -0.2) is 29.3 Å². The van der Waals surface area contributed by atoms with E-state index in [1.807, 2.05) is 0 Å². The lowest BCUT2D eigenvalue weighted by Crippen LogP contribution is -2.51. The Labute approximate surface area is 164 Å². The maximum absolute atomic E-state index is 12.7. The fraction of sp³-hybridized carbons (Fsp3) is 0.400. The van der Waals surface area contributed by atoms with Gasteiger partial charge in [-0.1, -0.05) is 18.2 Å². The lowest BCUT2D eigenvalue weighted by Gasteiger charge is -2.34. The van der Waals surface area contributed by atoms with Gasteiger partial charge in [-0.05, 0) is 48.1 Å². The molecule has 0 spiro atoms. The van der Waals surface area contributed by atoms with Gasteiger partial charge in [-0.25, -0.2) is 0 Å². The number of nitrogens with zero attached hydrogens (tertiary/aromatic N) is 1. The minimum Gasteiger partial charge on any atom is -0.459 e. The number of rotatable bonds is 4. The molecule has 2 amide bonds. The first-order chi connectivity index (χ1) is 12.7. The maximum Gasteiger partial charge on any atom is 0.290 e. The Hall–Kier alpha value is -2.31. The summed E-state index contributed by atoms with van der Waals surface area (Å²) in [7, 11) is 0. The molecule has 7 heteroatoms. The summed E-state index contributed by atoms with van der Waals surface area (Å²) < 4.78 is 5.22. The van der Waals surface area contributed by atoms with Crippen molar-refractivity contribution < 1.29 is 14.0 Å². The Kier molecular flexibility index (Phi) is 6.19. The van der Waals surface area contributed by atoms with Gasteiger partial charge in [0.25, 0.3) is 5.91 Å². The van der Waals surface area contributed by atoms with Gasteiger partial charge in [-0.2, -0.15) is 0 Å². The molecule has 2 N–H and O–H groups in total. The Morgan fingerprint density at radius 3 is 2.85 bits per heavy atom. The molecule has 2 aliphatic rings. The molecular formula is C20H24ClN3O3. The van der Waals surface area contributed by atoms with Gasteiger partial charge in [0.05, 0.1) is 6.26 Å². The molecule has 1 aromatic heterocycles. The zero-order valence-electron chi connectivity index (χ0n) is 15.1. The number of likely N-dealkylation sites (tertiary alicyclic amines) is 1. The number of piperidine rings is 1. The topological polar surface area (TPSA) is 74.6 Å². The second kappa shape index (κ2) is 8.59. The average molecular weight is 390 g/mol. The number of hydrogen-bond donors (Lipinski definition) is 2. The molecule has 2 aromatic rings. The van der Waals surface area contributed by atoms with Crippen LogP contribution in [0.5, 0.6) is 0 Å². The number of benzene rings is 1. The number of carbonyl (C=O) groups is 2. The number of fused-ring (bicyclic) bond motifs is 1. The second-order valence-corrected chi connectivity index (χ2v) is 6.91. The van der Waals surface area contributed by atoms with Gasteiger partial charge in [-0.3, -0.25) is 9.59 Å². The first-order valence-electron chi connectivity index (χ1n) is 9.16. The Balaban J connectivity index is 0.00000210. The zero-order chi connectivity index (χ0) is 17.9. The van der Waals surface area contributed by atoms with E-state index in [2.05, 4.69) is 28.8 Å². The molecule has 0 saturated carbocycles. The van der Waals surface area contributed by atoms with Crippen LogP contribution in [0.2, 0.25) is 0 Å². The van der Waals surface area contributed by atoms with Gasteiger partial charge in [0.1, 0.15) is 6.04 Å². The molecule has 27 heavy (non-hydrogen) atoms. The molecule has 1 saturated heterocycles. The highest BCUT2D eigenvalue weighted by Crippen LogP contribution is 2.21. The quantitative estimate of drug-likeness (QED) is 0.842. The highest BCUT2D eigenvalue weighted by molar-refractivity contribution is 5.95. The Morgan fingerprint density at radius 1 is 1.19 bits per heavy atom. The van der Waals surface area contributed by atoms with E-state index >= 15 is 0 Å². The van der Waals surface area contributed by atoms with Crippen molar-refractivity contribution >= 4 is 24.2 Å². The van der Waals surface area contributed by atoms with Crippen LogP contribution in [0.4, 0.5) is 0 Å². The first kappa shape index (κ1) is 19.5. The van der Waals surface area contributed by atoms with Gasteiger partial charge in [-0.15, -0.1) is 12.4 Å². The van der Waals surface area contributed by atoms with Gasteiger partial charge < -0.3 is 20.0 Å². The summed E-state index contributed by atoms with van der Waals surface area (Å²) in [5.41, 5.74) is 3.70. The number of furan rings is 1. The SMILES string of the molecule is Cl.O=C(NCc1ccc2c(c1)CNC2)C1CCCCN1C(=O)c1ccco1. The van der Waals surface area contributed by atoms with Crippen LogP contribution in [-0.2, 0) is 24.4 Å². The van der Waals surface area contributed by atoms with E-state index in [0.717, 1.165) is 31.5 Å². The van der Waals surface area contributed by atoms with Crippen molar-refractivity contribution in [1.82, 2.24) is 15.5 Å². The summed E-state index contributed by atoms with van der Waals surface area (Å²) >= 11 is 0. The van der Waals surface area contributed by atoms with Gasteiger partial charge in [0.2, 0.25) is 5.91 Å². The molecule has 0 bridgehead atoms. The molecule has 1 aromatic carbocycles. The van der Waals surface area contributed by atoms with Crippen LogP contribution in [0.1, 0.15) is 46.5 Å². The summed E-state index contributed by atoms with van der Waals surface area (Å²) in [4.78, 5) is 27.0. The molecular weight excluding hydrogens is 366 g/mol. The standard InChI is InChI=1S/C20H23N3O3.ClH/c24-19(22-11-14-6-7-15-12-21-13-16(15)10-14)17-4-1-2-8-23(17)20(25)18-5-3-9-26-18;/h3,5-7,9-10,17,21H,1-2,4,8,11-13H2,(H,22,24);1H. The maximum atomic E-state index is 12.7. The Bertz CT molecular complexity index is 807. The molecule has 4 rings (SSSR count). The molecule has 2 aliphatic heterocycles. The molecule has 0 radical (unpaired) electrons. The van der Waals surface area contributed by atoms with Crippen molar-refractivity contribution in [2.75, 3.05) is 6.54 Å². The largest absolute Gasteiger partial charge is 0.459 e. The highest BCUT2D eigenvalue weighted by atomic mass is 35.5. The van der Waals surface area contributed by atoms with Crippen LogP contribution in [0.15, 0.2) is 41.0 Å². The van der Waals surface area contributed by atoms with E-state index in [9.17, 15) is 9.59 Å². The van der Waals surface area contributed by atoms with Gasteiger partial charge in [0, 0.05) is 26.2 Å². The van der Waals surface area contributed by atoms with E-state index in [1.54, 1.807) is 17.0 Å². The van der Waals surface area contributed by atoms with Crippen molar-refractivity contribution in [3.63, 3.8) is 0 Å². The van der Waals surface area contributed by atoms with Crippen LogP contribution in [0.3, 0.4) is 0 Å². The third kappa shape index (κ3) is 4.17. The average Bonchev–Trinajstić information content (AvgIpc) is 3.36. The summed E-state index contributed by atoms with van der Waals surface area (Å²) in [5.74, 6) is -0.0162. The molecule has 144 valence electrons. The van der Waals surface area contributed by atoms with Crippen molar-refractivity contribution in [2.24, 2.45) is 0 Å². The fourth-order valence-corrected chi connectivity index (χ4v) is 3.75. The van der Waals surface area contributed by atoms with Crippen molar-refractivity contribution in [3.05, 3.63) is 59.0 Å². The lowest BCUT2D eigenvalue weighted by atomic mass is 10.0. The lowest BCUT2D eigenvalue weighted by molar-refractivity contribution is -0.126.